The van der Waals surface area contributed by atoms with E-state index in [9.17, 15) is 18.0 Å². The van der Waals surface area contributed by atoms with Gasteiger partial charge in [-0.1, -0.05) is 79.0 Å². The van der Waals surface area contributed by atoms with Crippen LogP contribution in [0, 0.1) is 13.8 Å². The van der Waals surface area contributed by atoms with Gasteiger partial charge < -0.3 is 10.2 Å². The molecule has 0 radical (unpaired) electrons. The van der Waals surface area contributed by atoms with Crippen LogP contribution in [0.15, 0.2) is 66.7 Å². The van der Waals surface area contributed by atoms with Crippen LogP contribution in [-0.2, 0) is 32.6 Å². The number of halogens is 2. The third-order valence-corrected chi connectivity index (χ3v) is 8.80. The van der Waals surface area contributed by atoms with Crippen molar-refractivity contribution in [2.75, 3.05) is 23.7 Å². The van der Waals surface area contributed by atoms with Crippen molar-refractivity contribution in [2.45, 2.75) is 52.6 Å². The fourth-order valence-electron chi connectivity index (χ4n) is 4.41. The number of anilines is 1. The van der Waals surface area contributed by atoms with Gasteiger partial charge in [-0.2, -0.15) is 0 Å². The van der Waals surface area contributed by atoms with Gasteiger partial charge in [0, 0.05) is 35.1 Å². The van der Waals surface area contributed by atoms with E-state index in [1.54, 1.807) is 30.3 Å². The smallest absolute Gasteiger partial charge is 0.244 e. The van der Waals surface area contributed by atoms with Gasteiger partial charge in [0.15, 0.2) is 0 Å². The number of rotatable bonds is 13. The normalized spacial score (nSPS) is 12.0. The van der Waals surface area contributed by atoms with E-state index in [0.717, 1.165) is 40.1 Å². The molecule has 0 fully saturated rings. The van der Waals surface area contributed by atoms with Crippen LogP contribution in [0.2, 0.25) is 10.0 Å². The molecule has 220 valence electrons. The Hall–Kier alpha value is -3.07. The number of aryl methyl sites for hydroxylation is 2. The standard InChI is InChI=1S/C31H37Cl2N3O4S/c1-5-6-17-34-31(38)29(19-24-11-8-7-9-12-24)35(20-26-27(32)13-10-14-28(26)33)30(37)21-36(41(4,39)40)25-16-15-22(2)23(3)18-25/h7-16,18,29H,5-6,17,19-21H2,1-4H3,(H,34,38)/t29-/m0/s1. The number of unbranched alkanes of at least 4 members (excludes halogenated alkanes) is 1. The number of sulfonamides is 1. The average molecular weight is 619 g/mol. The fourth-order valence-corrected chi connectivity index (χ4v) is 5.77. The molecule has 7 nitrogen and oxygen atoms in total. The van der Waals surface area contributed by atoms with Gasteiger partial charge in [0.2, 0.25) is 21.8 Å². The maximum Gasteiger partial charge on any atom is 0.244 e. The van der Waals surface area contributed by atoms with Gasteiger partial charge in [0.25, 0.3) is 0 Å². The van der Waals surface area contributed by atoms with Crippen LogP contribution in [0.1, 0.15) is 42.0 Å². The van der Waals surface area contributed by atoms with Crippen molar-refractivity contribution in [3.05, 3.63) is 99.0 Å². The van der Waals surface area contributed by atoms with Crippen LogP contribution in [0.3, 0.4) is 0 Å². The molecule has 1 N–H and O–H groups in total. The summed E-state index contributed by atoms with van der Waals surface area (Å²) in [7, 11) is -3.85. The van der Waals surface area contributed by atoms with E-state index in [2.05, 4.69) is 5.32 Å². The van der Waals surface area contributed by atoms with E-state index >= 15 is 0 Å². The number of carbonyl (C=O) groups is 2. The minimum absolute atomic E-state index is 0.0828. The molecule has 0 saturated heterocycles. The monoisotopic (exact) mass is 617 g/mol. The van der Waals surface area contributed by atoms with E-state index in [1.165, 1.54) is 4.90 Å². The van der Waals surface area contributed by atoms with Crippen molar-refractivity contribution < 1.29 is 18.0 Å². The molecule has 0 unspecified atom stereocenters. The highest BCUT2D eigenvalue weighted by molar-refractivity contribution is 7.92. The number of hydrogen-bond donors (Lipinski definition) is 1. The van der Waals surface area contributed by atoms with Gasteiger partial charge in [-0.05, 0) is 61.2 Å². The summed E-state index contributed by atoms with van der Waals surface area (Å²) in [5, 5.41) is 3.64. The van der Waals surface area contributed by atoms with Crippen molar-refractivity contribution in [1.82, 2.24) is 10.2 Å². The Balaban J connectivity index is 2.09. The van der Waals surface area contributed by atoms with Gasteiger partial charge >= 0.3 is 0 Å². The lowest BCUT2D eigenvalue weighted by Gasteiger charge is -2.34. The maximum atomic E-state index is 14.2. The first-order chi connectivity index (χ1) is 19.4. The van der Waals surface area contributed by atoms with Crippen LogP contribution in [-0.4, -0.2) is 50.5 Å². The first-order valence-electron chi connectivity index (χ1n) is 13.5. The second kappa shape index (κ2) is 14.7. The molecule has 0 aromatic heterocycles. The Morgan fingerprint density at radius 3 is 2.17 bits per heavy atom. The zero-order valence-corrected chi connectivity index (χ0v) is 26.2. The molecule has 0 aliphatic rings. The quantitative estimate of drug-likeness (QED) is 0.241. The molecule has 0 aliphatic carbocycles. The van der Waals surface area contributed by atoms with Crippen LogP contribution >= 0.6 is 23.2 Å². The number of nitrogens with zero attached hydrogens (tertiary/aromatic N) is 2. The summed E-state index contributed by atoms with van der Waals surface area (Å²) in [6.07, 6.45) is 2.95. The molecule has 41 heavy (non-hydrogen) atoms. The van der Waals surface area contributed by atoms with E-state index in [-0.39, 0.29) is 18.9 Å². The van der Waals surface area contributed by atoms with Crippen LogP contribution < -0.4 is 9.62 Å². The van der Waals surface area contributed by atoms with Gasteiger partial charge in [-0.3, -0.25) is 13.9 Å². The zero-order chi connectivity index (χ0) is 30.2. The lowest BCUT2D eigenvalue weighted by atomic mass is 10.0. The number of hydrogen-bond acceptors (Lipinski definition) is 4. The molecule has 0 heterocycles. The second-order valence-electron chi connectivity index (χ2n) is 10.1. The molecule has 3 aromatic rings. The molecule has 0 bridgehead atoms. The van der Waals surface area contributed by atoms with Gasteiger partial charge in [0.05, 0.1) is 11.9 Å². The highest BCUT2D eigenvalue weighted by Crippen LogP contribution is 2.28. The van der Waals surface area contributed by atoms with Crippen LogP contribution in [0.25, 0.3) is 0 Å². The lowest BCUT2D eigenvalue weighted by Crippen LogP contribution is -2.53. The molecule has 0 aliphatic heterocycles. The largest absolute Gasteiger partial charge is 0.354 e. The third kappa shape index (κ3) is 8.96. The predicted molar refractivity (Wildman–Crippen MR) is 167 cm³/mol. The van der Waals surface area contributed by atoms with E-state index < -0.39 is 28.5 Å². The van der Waals surface area contributed by atoms with Crippen LogP contribution in [0.5, 0.6) is 0 Å². The summed E-state index contributed by atoms with van der Waals surface area (Å²) in [6.45, 7) is 5.69. The molecular weight excluding hydrogens is 581 g/mol. The summed E-state index contributed by atoms with van der Waals surface area (Å²) < 4.78 is 27.0. The number of amides is 2. The molecule has 2 amide bonds. The van der Waals surface area contributed by atoms with E-state index in [1.807, 2.05) is 57.2 Å². The Labute approximate surface area is 253 Å². The average Bonchev–Trinajstić information content (AvgIpc) is 2.92. The second-order valence-corrected chi connectivity index (χ2v) is 12.8. The molecular formula is C31H37Cl2N3O4S. The van der Waals surface area contributed by atoms with Gasteiger partial charge in [0.1, 0.15) is 12.6 Å². The molecule has 3 rings (SSSR count). The third-order valence-electron chi connectivity index (χ3n) is 6.95. The van der Waals surface area contributed by atoms with Crippen LogP contribution in [0.4, 0.5) is 5.69 Å². The fraction of sp³-hybridized carbons (Fsp3) is 0.355. The summed E-state index contributed by atoms with van der Waals surface area (Å²) in [5.74, 6) is -0.896. The van der Waals surface area contributed by atoms with Gasteiger partial charge in [-0.15, -0.1) is 0 Å². The number of benzene rings is 3. The minimum atomic E-state index is -3.85. The molecule has 0 saturated carbocycles. The number of carbonyl (C=O) groups excluding carboxylic acids is 2. The molecule has 1 atom stereocenters. The highest BCUT2D eigenvalue weighted by Gasteiger charge is 2.33. The Morgan fingerprint density at radius 1 is 0.927 bits per heavy atom. The summed E-state index contributed by atoms with van der Waals surface area (Å²) in [5.41, 5.74) is 3.57. The first kappa shape index (κ1) is 32.4. The first-order valence-corrected chi connectivity index (χ1v) is 16.1. The minimum Gasteiger partial charge on any atom is -0.354 e. The van der Waals surface area contributed by atoms with E-state index in [4.69, 9.17) is 23.2 Å². The molecule has 0 spiro atoms. The Morgan fingerprint density at radius 2 is 1.59 bits per heavy atom. The summed E-state index contributed by atoms with van der Waals surface area (Å²) >= 11 is 13.0. The summed E-state index contributed by atoms with van der Waals surface area (Å²) in [4.78, 5) is 29.2. The SMILES string of the molecule is CCCCNC(=O)[C@H](Cc1ccccc1)N(Cc1c(Cl)cccc1Cl)C(=O)CN(c1ccc(C)c(C)c1)S(C)(=O)=O. The zero-order valence-electron chi connectivity index (χ0n) is 23.9. The number of nitrogens with one attached hydrogen (secondary N) is 1. The lowest BCUT2D eigenvalue weighted by molar-refractivity contribution is -0.140. The van der Waals surface area contributed by atoms with Gasteiger partial charge in [-0.25, -0.2) is 8.42 Å². The summed E-state index contributed by atoms with van der Waals surface area (Å²) in [6, 6.07) is 18.7. The predicted octanol–water partition coefficient (Wildman–Crippen LogP) is 5.93. The van der Waals surface area contributed by atoms with Crippen molar-refractivity contribution >= 4 is 50.7 Å². The Kier molecular flexibility index (Phi) is 11.6. The Bertz CT molecular complexity index is 1450. The molecule has 10 heteroatoms. The van der Waals surface area contributed by atoms with Crippen molar-refractivity contribution in [1.29, 1.82) is 0 Å². The molecule has 3 aromatic carbocycles. The van der Waals surface area contributed by atoms with Crippen molar-refractivity contribution in [3.8, 4) is 0 Å². The van der Waals surface area contributed by atoms with Crippen molar-refractivity contribution in [2.24, 2.45) is 0 Å². The van der Waals surface area contributed by atoms with E-state index in [0.29, 0.717) is 27.8 Å². The highest BCUT2D eigenvalue weighted by atomic mass is 35.5. The van der Waals surface area contributed by atoms with Crippen molar-refractivity contribution in [3.63, 3.8) is 0 Å². The topological polar surface area (TPSA) is 86.8 Å². The maximum absolute atomic E-state index is 14.2.